The summed E-state index contributed by atoms with van der Waals surface area (Å²) in [5.41, 5.74) is 0. The van der Waals surface area contributed by atoms with Gasteiger partial charge in [-0.2, -0.15) is 0 Å². The topological polar surface area (TPSA) is 60.8 Å². The molecule has 0 radical (unpaired) electrons. The van der Waals surface area contributed by atoms with E-state index in [1.807, 2.05) is 0 Å². The van der Waals surface area contributed by atoms with Gasteiger partial charge >= 0.3 is 5.97 Å². The van der Waals surface area contributed by atoms with Crippen molar-refractivity contribution in [3.05, 3.63) is 0 Å². The molecule has 4 heteroatoms. The minimum atomic E-state index is -0.742. The van der Waals surface area contributed by atoms with Crippen molar-refractivity contribution in [1.82, 2.24) is 4.90 Å². The predicted octanol–water partition coefficient (Wildman–Crippen LogP) is 0.839. The Morgan fingerprint density at radius 2 is 2.00 bits per heavy atom. The van der Waals surface area contributed by atoms with Gasteiger partial charge in [0.25, 0.3) is 0 Å². The number of hydrogen-bond donors (Lipinski definition) is 2. The molecular weight excluding hydrogens is 194 g/mol. The van der Waals surface area contributed by atoms with Crippen LogP contribution < -0.4 is 0 Å². The summed E-state index contributed by atoms with van der Waals surface area (Å²) >= 11 is 0. The van der Waals surface area contributed by atoms with Crippen LogP contribution in [-0.2, 0) is 4.79 Å². The Bertz CT molecular complexity index is 240. The van der Waals surface area contributed by atoms with E-state index in [1.54, 1.807) is 0 Å². The highest BCUT2D eigenvalue weighted by Crippen LogP contribution is 2.34. The Balaban J connectivity index is 1.90. The van der Waals surface area contributed by atoms with Gasteiger partial charge in [0, 0.05) is 18.6 Å². The van der Waals surface area contributed by atoms with E-state index in [9.17, 15) is 9.90 Å². The van der Waals surface area contributed by atoms with Crippen LogP contribution >= 0.6 is 0 Å². The molecule has 0 aromatic carbocycles. The van der Waals surface area contributed by atoms with E-state index in [-0.39, 0.29) is 18.6 Å². The van der Waals surface area contributed by atoms with Crippen molar-refractivity contribution in [1.29, 1.82) is 0 Å². The molecule has 2 fully saturated rings. The Labute approximate surface area is 89.9 Å². The van der Waals surface area contributed by atoms with E-state index in [2.05, 4.69) is 4.90 Å². The van der Waals surface area contributed by atoms with Gasteiger partial charge < -0.3 is 10.2 Å². The zero-order valence-electron chi connectivity index (χ0n) is 8.93. The van der Waals surface area contributed by atoms with Gasteiger partial charge in [-0.1, -0.05) is 0 Å². The predicted molar refractivity (Wildman–Crippen MR) is 55.6 cm³/mol. The van der Waals surface area contributed by atoms with Crippen LogP contribution in [0.15, 0.2) is 0 Å². The Morgan fingerprint density at radius 3 is 2.47 bits per heavy atom. The molecule has 2 unspecified atom stereocenters. The van der Waals surface area contributed by atoms with Crippen LogP contribution in [0.4, 0.5) is 0 Å². The van der Waals surface area contributed by atoms with Crippen LogP contribution in [0.2, 0.25) is 0 Å². The zero-order valence-corrected chi connectivity index (χ0v) is 8.93. The molecule has 86 valence electrons. The molecule has 0 aliphatic heterocycles. The lowest BCUT2D eigenvalue weighted by Crippen LogP contribution is -2.43. The lowest BCUT2D eigenvalue weighted by Gasteiger charge is -2.30. The highest BCUT2D eigenvalue weighted by Gasteiger charge is 2.38. The zero-order chi connectivity index (χ0) is 10.8. The van der Waals surface area contributed by atoms with Crippen molar-refractivity contribution in [2.24, 2.45) is 0 Å². The first-order valence-corrected chi connectivity index (χ1v) is 5.84. The number of carboxylic acids is 1. The summed E-state index contributed by atoms with van der Waals surface area (Å²) in [6, 6.07) is 0.763. The Kier molecular flexibility index (Phi) is 3.26. The van der Waals surface area contributed by atoms with Crippen LogP contribution in [0.3, 0.4) is 0 Å². The molecule has 2 N–H and O–H groups in total. The number of carbonyl (C=O) groups is 1. The second-order valence-corrected chi connectivity index (χ2v) is 4.68. The van der Waals surface area contributed by atoms with Gasteiger partial charge in [0.15, 0.2) is 0 Å². The monoisotopic (exact) mass is 213 g/mol. The van der Waals surface area contributed by atoms with Gasteiger partial charge in [0.1, 0.15) is 0 Å². The second-order valence-electron chi connectivity index (χ2n) is 4.68. The first kappa shape index (κ1) is 10.9. The molecule has 15 heavy (non-hydrogen) atoms. The van der Waals surface area contributed by atoms with E-state index in [0.29, 0.717) is 12.6 Å². The maximum absolute atomic E-state index is 10.6. The molecule has 2 saturated carbocycles. The molecule has 2 rings (SSSR count). The van der Waals surface area contributed by atoms with E-state index < -0.39 is 5.97 Å². The normalized spacial score (nSPS) is 31.1. The molecule has 0 heterocycles. The lowest BCUT2D eigenvalue weighted by molar-refractivity contribution is -0.137. The fraction of sp³-hybridized carbons (Fsp3) is 0.909. The first-order valence-electron chi connectivity index (χ1n) is 5.84. The summed E-state index contributed by atoms with van der Waals surface area (Å²) in [5, 5.41) is 18.5. The smallest absolute Gasteiger partial charge is 0.304 e. The summed E-state index contributed by atoms with van der Waals surface area (Å²) in [7, 11) is 0. The minimum Gasteiger partial charge on any atom is -0.481 e. The highest BCUT2D eigenvalue weighted by atomic mass is 16.4. The molecule has 2 aliphatic carbocycles. The standard InChI is InChI=1S/C11H19NO3/c13-10-3-1-2-9(10)12(8-4-5-8)7-6-11(14)15/h8-10,13H,1-7H2,(H,14,15). The first-order chi connectivity index (χ1) is 7.18. The maximum Gasteiger partial charge on any atom is 0.304 e. The van der Waals surface area contributed by atoms with Gasteiger partial charge in [0.05, 0.1) is 12.5 Å². The second kappa shape index (κ2) is 4.49. The van der Waals surface area contributed by atoms with Gasteiger partial charge in [-0.25, -0.2) is 0 Å². The third kappa shape index (κ3) is 2.69. The molecule has 0 saturated heterocycles. The number of rotatable bonds is 5. The summed E-state index contributed by atoms with van der Waals surface area (Å²) in [4.78, 5) is 12.8. The van der Waals surface area contributed by atoms with Crippen molar-refractivity contribution in [3.8, 4) is 0 Å². The number of nitrogens with zero attached hydrogens (tertiary/aromatic N) is 1. The number of hydrogen-bond acceptors (Lipinski definition) is 3. The van der Waals surface area contributed by atoms with Gasteiger partial charge in [-0.15, -0.1) is 0 Å². The van der Waals surface area contributed by atoms with Crippen LogP contribution in [0.5, 0.6) is 0 Å². The van der Waals surface area contributed by atoms with Crippen molar-refractivity contribution >= 4 is 5.97 Å². The lowest BCUT2D eigenvalue weighted by atomic mass is 10.1. The minimum absolute atomic E-state index is 0.194. The summed E-state index contributed by atoms with van der Waals surface area (Å²) in [5.74, 6) is -0.742. The van der Waals surface area contributed by atoms with Crippen LogP contribution in [0.1, 0.15) is 38.5 Å². The van der Waals surface area contributed by atoms with E-state index in [1.165, 1.54) is 12.8 Å². The molecule has 0 bridgehead atoms. The van der Waals surface area contributed by atoms with E-state index in [0.717, 1.165) is 19.3 Å². The average Bonchev–Trinajstić information content (AvgIpc) is 2.92. The van der Waals surface area contributed by atoms with Crippen LogP contribution in [-0.4, -0.2) is 45.8 Å². The summed E-state index contributed by atoms with van der Waals surface area (Å²) in [6.07, 6.45) is 5.27. The molecule has 0 aromatic rings. The highest BCUT2D eigenvalue weighted by molar-refractivity contribution is 5.66. The van der Waals surface area contributed by atoms with Crippen molar-refractivity contribution < 1.29 is 15.0 Å². The molecule has 0 spiro atoms. The fourth-order valence-electron chi connectivity index (χ4n) is 2.56. The molecule has 0 amide bonds. The molecule has 4 nitrogen and oxygen atoms in total. The number of carboxylic acid groups (broad SMARTS) is 1. The SMILES string of the molecule is O=C(O)CCN(C1CC1)C1CCCC1O. The Hall–Kier alpha value is -0.610. The molecule has 2 atom stereocenters. The van der Waals surface area contributed by atoms with Crippen LogP contribution in [0, 0.1) is 0 Å². The Morgan fingerprint density at radius 1 is 1.27 bits per heavy atom. The summed E-state index contributed by atoms with van der Waals surface area (Å²) < 4.78 is 0. The third-order valence-corrected chi connectivity index (χ3v) is 3.47. The van der Waals surface area contributed by atoms with Crippen molar-refractivity contribution in [3.63, 3.8) is 0 Å². The van der Waals surface area contributed by atoms with Gasteiger partial charge in [-0.3, -0.25) is 9.69 Å². The third-order valence-electron chi connectivity index (χ3n) is 3.47. The van der Waals surface area contributed by atoms with Crippen molar-refractivity contribution in [2.75, 3.05) is 6.54 Å². The van der Waals surface area contributed by atoms with E-state index in [4.69, 9.17) is 5.11 Å². The van der Waals surface area contributed by atoms with Gasteiger partial charge in [0.2, 0.25) is 0 Å². The number of aliphatic hydroxyl groups excluding tert-OH is 1. The van der Waals surface area contributed by atoms with Gasteiger partial charge in [-0.05, 0) is 32.1 Å². The van der Waals surface area contributed by atoms with Crippen molar-refractivity contribution in [2.45, 2.75) is 56.7 Å². The molecular formula is C11H19NO3. The largest absolute Gasteiger partial charge is 0.481 e. The average molecular weight is 213 g/mol. The fourth-order valence-corrected chi connectivity index (χ4v) is 2.56. The maximum atomic E-state index is 10.6. The quantitative estimate of drug-likeness (QED) is 0.710. The molecule has 2 aliphatic rings. The van der Waals surface area contributed by atoms with E-state index >= 15 is 0 Å². The number of aliphatic carboxylic acids is 1. The molecule has 0 aromatic heterocycles. The van der Waals surface area contributed by atoms with Crippen LogP contribution in [0.25, 0.3) is 0 Å². The number of aliphatic hydroxyl groups is 1. The summed E-state index contributed by atoms with van der Waals surface area (Å²) in [6.45, 7) is 0.599.